The number of rotatable bonds is 3. The van der Waals surface area contributed by atoms with Crippen molar-refractivity contribution in [3.05, 3.63) is 29.6 Å². The molecule has 1 aliphatic rings. The van der Waals surface area contributed by atoms with Crippen LogP contribution in [0.5, 0.6) is 0 Å². The molecule has 0 unspecified atom stereocenters. The lowest BCUT2D eigenvalue weighted by Crippen LogP contribution is -2.23. The maximum atomic E-state index is 13.8. The van der Waals surface area contributed by atoms with Gasteiger partial charge in [0.05, 0.1) is 11.3 Å². The molecule has 1 aromatic carbocycles. The molecule has 0 amide bonds. The molecule has 0 spiro atoms. The number of nitrogens with zero attached hydrogens (tertiary/aromatic N) is 1. The van der Waals surface area contributed by atoms with Crippen LogP contribution in [0.4, 0.5) is 10.1 Å². The Morgan fingerprint density at radius 1 is 1.45 bits per heavy atom. The first-order valence-electron chi connectivity index (χ1n) is 6.27. The number of cyclic esters (lactones) is 1. The molecule has 1 saturated heterocycles. The number of hydrogen-bond donors (Lipinski definition) is 0. The second-order valence-corrected chi connectivity index (χ2v) is 4.94. The SMILES string of the molecule is C[C@H]1C[C@@H](OC(=O)c2ccc(N(C)C)c(F)c2)C(=O)O1. The van der Waals surface area contributed by atoms with Crippen molar-refractivity contribution in [2.45, 2.75) is 25.6 Å². The van der Waals surface area contributed by atoms with Crippen LogP contribution in [-0.4, -0.2) is 38.2 Å². The topological polar surface area (TPSA) is 55.8 Å². The van der Waals surface area contributed by atoms with Crippen molar-refractivity contribution in [2.24, 2.45) is 0 Å². The molecule has 0 aliphatic carbocycles. The van der Waals surface area contributed by atoms with Gasteiger partial charge >= 0.3 is 11.9 Å². The fraction of sp³-hybridized carbons (Fsp3) is 0.429. The normalized spacial score (nSPS) is 21.5. The molecule has 2 atom stereocenters. The van der Waals surface area contributed by atoms with Crippen molar-refractivity contribution in [3.8, 4) is 0 Å². The Kier molecular flexibility index (Phi) is 3.92. The van der Waals surface area contributed by atoms with Crippen LogP contribution in [0.2, 0.25) is 0 Å². The molecular formula is C14H16FNO4. The molecule has 20 heavy (non-hydrogen) atoms. The molecule has 108 valence electrons. The summed E-state index contributed by atoms with van der Waals surface area (Å²) in [5, 5.41) is 0. The summed E-state index contributed by atoms with van der Waals surface area (Å²) in [7, 11) is 3.40. The summed E-state index contributed by atoms with van der Waals surface area (Å²) >= 11 is 0. The van der Waals surface area contributed by atoms with Gasteiger partial charge in [-0.05, 0) is 25.1 Å². The quantitative estimate of drug-likeness (QED) is 0.790. The van der Waals surface area contributed by atoms with Gasteiger partial charge in [0.25, 0.3) is 0 Å². The fourth-order valence-corrected chi connectivity index (χ4v) is 2.01. The van der Waals surface area contributed by atoms with E-state index in [2.05, 4.69) is 0 Å². The fourth-order valence-electron chi connectivity index (χ4n) is 2.01. The zero-order chi connectivity index (χ0) is 14.9. The number of benzene rings is 1. The van der Waals surface area contributed by atoms with E-state index < -0.39 is 23.9 Å². The Morgan fingerprint density at radius 3 is 2.65 bits per heavy atom. The summed E-state index contributed by atoms with van der Waals surface area (Å²) in [6, 6.07) is 4.05. The summed E-state index contributed by atoms with van der Waals surface area (Å²) in [6.45, 7) is 1.72. The minimum atomic E-state index is -0.908. The predicted molar refractivity (Wildman–Crippen MR) is 70.1 cm³/mol. The van der Waals surface area contributed by atoms with Crippen LogP contribution in [0.25, 0.3) is 0 Å². The van der Waals surface area contributed by atoms with Gasteiger partial charge in [0.1, 0.15) is 11.9 Å². The largest absolute Gasteiger partial charge is 0.460 e. The van der Waals surface area contributed by atoms with E-state index in [0.717, 1.165) is 6.07 Å². The average Bonchev–Trinajstić information content (AvgIpc) is 2.67. The summed E-state index contributed by atoms with van der Waals surface area (Å²) in [5.74, 6) is -1.81. The van der Waals surface area contributed by atoms with Crippen LogP contribution in [0, 0.1) is 5.82 Å². The third-order valence-corrected chi connectivity index (χ3v) is 3.04. The van der Waals surface area contributed by atoms with Crippen molar-refractivity contribution in [1.29, 1.82) is 0 Å². The van der Waals surface area contributed by atoms with Crippen LogP contribution in [0.3, 0.4) is 0 Å². The standard InChI is InChI=1S/C14H16FNO4/c1-8-6-12(14(18)19-8)20-13(17)9-4-5-11(16(2)3)10(15)7-9/h4-5,7-8,12H,6H2,1-3H3/t8-,12+/m0/s1. The van der Waals surface area contributed by atoms with Gasteiger partial charge in [-0.25, -0.2) is 14.0 Å². The van der Waals surface area contributed by atoms with Gasteiger partial charge in [-0.15, -0.1) is 0 Å². The van der Waals surface area contributed by atoms with E-state index in [-0.39, 0.29) is 11.7 Å². The van der Waals surface area contributed by atoms with Crippen molar-refractivity contribution in [3.63, 3.8) is 0 Å². The van der Waals surface area contributed by atoms with Gasteiger partial charge in [0, 0.05) is 20.5 Å². The van der Waals surface area contributed by atoms with Crippen LogP contribution in [0.15, 0.2) is 18.2 Å². The second kappa shape index (κ2) is 5.48. The maximum absolute atomic E-state index is 13.8. The van der Waals surface area contributed by atoms with E-state index in [1.54, 1.807) is 25.9 Å². The van der Waals surface area contributed by atoms with Gasteiger partial charge in [0.15, 0.2) is 0 Å². The Morgan fingerprint density at radius 2 is 2.15 bits per heavy atom. The van der Waals surface area contributed by atoms with E-state index in [1.165, 1.54) is 12.1 Å². The summed E-state index contributed by atoms with van der Waals surface area (Å²) in [6.07, 6.45) is -0.856. The highest BCUT2D eigenvalue weighted by atomic mass is 19.1. The van der Waals surface area contributed by atoms with Crippen LogP contribution < -0.4 is 4.90 Å². The van der Waals surface area contributed by atoms with Crippen molar-refractivity contribution >= 4 is 17.6 Å². The number of carbonyl (C=O) groups excluding carboxylic acids is 2. The van der Waals surface area contributed by atoms with Crippen LogP contribution in [0.1, 0.15) is 23.7 Å². The van der Waals surface area contributed by atoms with E-state index in [1.807, 2.05) is 0 Å². The zero-order valence-corrected chi connectivity index (χ0v) is 11.6. The van der Waals surface area contributed by atoms with Gasteiger partial charge in [-0.2, -0.15) is 0 Å². The van der Waals surface area contributed by atoms with Gasteiger partial charge in [-0.3, -0.25) is 0 Å². The highest BCUT2D eigenvalue weighted by molar-refractivity contribution is 5.92. The number of ether oxygens (including phenoxy) is 2. The molecule has 0 aromatic heterocycles. The minimum absolute atomic E-state index is 0.0699. The molecular weight excluding hydrogens is 265 g/mol. The molecule has 1 aromatic rings. The first kappa shape index (κ1) is 14.3. The lowest BCUT2D eigenvalue weighted by atomic mass is 10.2. The molecule has 2 rings (SSSR count). The molecule has 0 saturated carbocycles. The summed E-state index contributed by atoms with van der Waals surface area (Å²) in [4.78, 5) is 24.9. The maximum Gasteiger partial charge on any atom is 0.347 e. The lowest BCUT2D eigenvalue weighted by molar-refractivity contribution is -0.147. The number of esters is 2. The molecule has 5 nitrogen and oxygen atoms in total. The van der Waals surface area contributed by atoms with E-state index in [4.69, 9.17) is 9.47 Å². The first-order chi connectivity index (χ1) is 9.38. The van der Waals surface area contributed by atoms with Crippen LogP contribution in [-0.2, 0) is 14.3 Å². The monoisotopic (exact) mass is 281 g/mol. The smallest absolute Gasteiger partial charge is 0.347 e. The van der Waals surface area contributed by atoms with Gasteiger partial charge in [0.2, 0.25) is 6.10 Å². The van der Waals surface area contributed by atoms with E-state index in [0.29, 0.717) is 12.1 Å². The average molecular weight is 281 g/mol. The van der Waals surface area contributed by atoms with Crippen molar-refractivity contribution in [2.75, 3.05) is 19.0 Å². The number of halogens is 1. The lowest BCUT2D eigenvalue weighted by Gasteiger charge is -2.14. The number of carbonyl (C=O) groups is 2. The van der Waals surface area contributed by atoms with Crippen molar-refractivity contribution < 1.29 is 23.5 Å². The molecule has 0 N–H and O–H groups in total. The Hall–Kier alpha value is -2.11. The third kappa shape index (κ3) is 2.89. The molecule has 0 bridgehead atoms. The molecule has 1 aliphatic heterocycles. The molecule has 6 heteroatoms. The van der Waals surface area contributed by atoms with Gasteiger partial charge < -0.3 is 14.4 Å². The van der Waals surface area contributed by atoms with Crippen LogP contribution >= 0.6 is 0 Å². The Labute approximate surface area is 116 Å². The molecule has 1 fully saturated rings. The van der Waals surface area contributed by atoms with E-state index >= 15 is 0 Å². The zero-order valence-electron chi connectivity index (χ0n) is 11.6. The highest BCUT2D eigenvalue weighted by Crippen LogP contribution is 2.21. The van der Waals surface area contributed by atoms with E-state index in [9.17, 15) is 14.0 Å². The Bertz CT molecular complexity index is 544. The third-order valence-electron chi connectivity index (χ3n) is 3.04. The second-order valence-electron chi connectivity index (χ2n) is 4.94. The minimum Gasteiger partial charge on any atom is -0.460 e. The summed E-state index contributed by atoms with van der Waals surface area (Å²) < 4.78 is 23.7. The number of hydrogen-bond acceptors (Lipinski definition) is 5. The number of anilines is 1. The first-order valence-corrected chi connectivity index (χ1v) is 6.27. The predicted octanol–water partition coefficient (Wildman–Crippen LogP) is 1.75. The summed E-state index contributed by atoms with van der Waals surface area (Å²) in [5.41, 5.74) is 0.441. The highest BCUT2D eigenvalue weighted by Gasteiger charge is 2.35. The molecule has 1 heterocycles. The van der Waals surface area contributed by atoms with Crippen molar-refractivity contribution in [1.82, 2.24) is 0 Å². The molecule has 0 radical (unpaired) electrons. The Balaban J connectivity index is 2.10. The van der Waals surface area contributed by atoms with Gasteiger partial charge in [-0.1, -0.05) is 0 Å².